The summed E-state index contributed by atoms with van der Waals surface area (Å²) in [6.45, 7) is 28.8. The third kappa shape index (κ3) is 25.9. The van der Waals surface area contributed by atoms with Crippen LogP contribution in [0, 0.1) is 27.7 Å². The minimum atomic E-state index is -0.618. The number of hydrogen-bond acceptors (Lipinski definition) is 21. The van der Waals surface area contributed by atoms with E-state index in [1.165, 1.54) is 146 Å². The van der Waals surface area contributed by atoms with E-state index < -0.39 is 37.7 Å². The summed E-state index contributed by atoms with van der Waals surface area (Å²) in [5, 5.41) is 17.6. The van der Waals surface area contributed by atoms with Crippen LogP contribution >= 0.6 is 0 Å². The van der Waals surface area contributed by atoms with Gasteiger partial charge in [-0.25, -0.2) is 4.39 Å². The first kappa shape index (κ1) is 107. The number of benzene rings is 8. The highest BCUT2D eigenvalue weighted by Gasteiger charge is 2.36. The average Bonchev–Trinajstić information content (AvgIpc) is 1.51. The Morgan fingerprint density at radius 1 is 0.333 bits per heavy atom. The lowest BCUT2D eigenvalue weighted by atomic mass is 9.71. The molecule has 0 bridgehead atoms. The second kappa shape index (κ2) is 47.9. The van der Waals surface area contributed by atoms with Gasteiger partial charge in [-0.2, -0.15) is 0 Å². The Hall–Kier alpha value is -14.1. The molecule has 144 heavy (non-hydrogen) atoms. The maximum Gasteiger partial charge on any atom is 0.291 e. The second-order valence-electron chi connectivity index (χ2n) is 39.4. The van der Waals surface area contributed by atoms with Crippen molar-refractivity contribution >= 4 is 57.8 Å². The predicted octanol–water partition coefficient (Wildman–Crippen LogP) is 26.4. The molecule has 0 unspecified atom stereocenters. The zero-order chi connectivity index (χ0) is 103. The fraction of sp³-hybridized carbons (Fsp3) is 0.414. The van der Waals surface area contributed by atoms with Gasteiger partial charge in [0.2, 0.25) is 0 Å². The molecule has 0 atom stereocenters. The summed E-state index contributed by atoms with van der Waals surface area (Å²) in [5.74, 6) is 6.35. The molecular weight excluding hydrogens is 1840 g/mol. The number of carbonyl (C=O) groups is 4. The summed E-state index contributed by atoms with van der Waals surface area (Å²) in [6.07, 6.45) is 15.0. The molecule has 4 amide bonds. The predicted molar refractivity (Wildman–Crippen MR) is 558 cm³/mol. The van der Waals surface area contributed by atoms with E-state index in [4.69, 9.17) is 69.8 Å². The number of amides is 4. The van der Waals surface area contributed by atoms with Crippen LogP contribution in [0.25, 0.3) is 0 Å². The number of furan rings is 4. The third-order valence-electron chi connectivity index (χ3n) is 27.3. The van der Waals surface area contributed by atoms with Crippen molar-refractivity contribution in [2.24, 2.45) is 0 Å². The third-order valence-corrected chi connectivity index (χ3v) is 27.3. The fourth-order valence-corrected chi connectivity index (χ4v) is 19.2. The van der Waals surface area contributed by atoms with Crippen molar-refractivity contribution in [3.63, 3.8) is 0 Å². The van der Waals surface area contributed by atoms with Crippen LogP contribution in [0.3, 0.4) is 0 Å². The summed E-state index contributed by atoms with van der Waals surface area (Å²) in [4.78, 5) is 52.1. The van der Waals surface area contributed by atoms with Gasteiger partial charge in [0.15, 0.2) is 23.0 Å². The van der Waals surface area contributed by atoms with E-state index in [-0.39, 0.29) is 63.2 Å². The molecule has 28 heteroatoms. The van der Waals surface area contributed by atoms with Crippen molar-refractivity contribution in [2.45, 2.75) is 214 Å². The molecule has 0 radical (unpaired) electrons. The largest absolute Gasteiger partial charge is 0.494 e. The molecule has 12 aromatic rings. The lowest BCUT2D eigenvalue weighted by molar-refractivity contribution is 0.0985. The lowest BCUT2D eigenvalue weighted by Crippen LogP contribution is -2.24. The maximum absolute atomic E-state index is 13.0. The average molecular weight is 1980 g/mol. The first-order valence-corrected chi connectivity index (χ1v) is 49.3. The number of fused-ring (bicyclic) bond motifs is 4. The van der Waals surface area contributed by atoms with Gasteiger partial charge in [0.1, 0.15) is 117 Å². The molecule has 0 saturated heterocycles. The minimum absolute atomic E-state index is 0.0835. The number of aryl methyl sites for hydroxylation is 8. The Kier molecular flexibility index (Phi) is 35.7. The van der Waals surface area contributed by atoms with Crippen LogP contribution < -0.4 is 84.0 Å². The van der Waals surface area contributed by atoms with Gasteiger partial charge in [0.05, 0.1) is 76.8 Å². The Bertz CT molecular complexity index is 6430. The number of hydrogen-bond donors (Lipinski definition) is 6. The molecule has 6 N–H and O–H groups in total. The maximum atomic E-state index is 13.0. The van der Waals surface area contributed by atoms with Gasteiger partial charge < -0.3 is 102 Å². The summed E-state index contributed by atoms with van der Waals surface area (Å²) in [7, 11) is 12.0. The molecule has 768 valence electrons. The summed E-state index contributed by atoms with van der Waals surface area (Å²) in [5.41, 5.74) is 23.2. The van der Waals surface area contributed by atoms with Gasteiger partial charge in [-0.05, 0) is 265 Å². The topological polar surface area (TPSA) is 295 Å². The lowest BCUT2D eigenvalue weighted by Gasteiger charge is -2.33. The van der Waals surface area contributed by atoms with Gasteiger partial charge in [0.25, 0.3) is 29.6 Å². The van der Waals surface area contributed by atoms with E-state index in [9.17, 15) is 32.3 Å². The van der Waals surface area contributed by atoms with Crippen LogP contribution in [-0.4, -0.2) is 127 Å². The van der Waals surface area contributed by atoms with Gasteiger partial charge in [0, 0.05) is 98.3 Å². The van der Waals surface area contributed by atoms with Crippen LogP contribution in [0.4, 0.5) is 47.3 Å². The number of rotatable bonds is 38. The number of halogens is 3. The molecule has 4 aliphatic carbocycles. The molecule has 4 heterocycles. The fourth-order valence-electron chi connectivity index (χ4n) is 19.2. The number of methoxy groups -OCH3 is 8. The highest BCUT2D eigenvalue weighted by Crippen LogP contribution is 2.49. The van der Waals surface area contributed by atoms with E-state index in [0.717, 1.165) is 62.0 Å². The van der Waals surface area contributed by atoms with Crippen LogP contribution in [0.2, 0.25) is 0 Å². The van der Waals surface area contributed by atoms with Crippen molar-refractivity contribution in [1.29, 1.82) is 0 Å². The molecule has 16 rings (SSSR count). The summed E-state index contributed by atoms with van der Waals surface area (Å²) in [6, 6.07) is 45.5. The molecule has 25 nitrogen and oxygen atoms in total. The van der Waals surface area contributed by atoms with Gasteiger partial charge in [-0.15, -0.1) is 0 Å². The number of anilines is 6. The van der Waals surface area contributed by atoms with Crippen LogP contribution in [0.5, 0.6) is 69.2 Å². The highest BCUT2D eigenvalue weighted by molar-refractivity contribution is 6.07. The molecule has 0 aliphatic heterocycles. The standard InChI is InChI=1S/C29H35FN2O5.C29H35FN2O4.C29H34FNO5.C29H35NO5/c1-18-14-19-8-6-11-29(2,3)21(19)17-23(18)37-26-10-9-22(36-26)28(33)32-27-24(34-4)15-20(16-25(27)35-5)31-13-7-12-30;1-18-13-19-9-10-29(2,3)23(19)15-20(18)14-22-7-8-24(36-22)28(33)32-27-25(34-4)16-21(17-26(27)35-5)31-12-6-11-30;1-18-13-19-7-6-10-29(2,3)23(19)15-20(18)14-21-8-9-24(36-21)28(32)31-27-25(33-4)16-22(35-12-11-30)17-26(27)34-5;1-7-12-34-22-16-25(32-5)27(26(17-22)33-6)30-28(31)24-9-8-21(35-24)14-20-15-23-19(13-18(20)2)10-11-29(23,3)4/h9-10,14-17,31H,6-8,11-13H2,1-5H3,(H,32,33);7-8,13,15-17,31H,6,9-12,14H2,1-5H3,(H,32,33);8-9,13,15-17H,6-7,10-12,14H2,1-5H3,(H,31,32);8-9,13,15-17H,7,10-12,14H2,1-6H3,(H,30,31). The molecule has 0 spiro atoms. The minimum Gasteiger partial charge on any atom is -0.494 e. The summed E-state index contributed by atoms with van der Waals surface area (Å²) < 4.78 is 122. The monoisotopic (exact) mass is 1980 g/mol. The van der Waals surface area contributed by atoms with Crippen LogP contribution in [-0.2, 0) is 66.6 Å². The van der Waals surface area contributed by atoms with E-state index in [1.807, 2.05) is 32.0 Å². The van der Waals surface area contributed by atoms with Crippen LogP contribution in [0.15, 0.2) is 163 Å². The van der Waals surface area contributed by atoms with E-state index >= 15 is 0 Å². The van der Waals surface area contributed by atoms with E-state index in [1.54, 1.807) is 93.1 Å². The summed E-state index contributed by atoms with van der Waals surface area (Å²) >= 11 is 0. The number of nitrogens with one attached hydrogen (secondary N) is 6. The molecular formula is C116H139F3N6O19. The molecule has 0 fully saturated rings. The zero-order valence-electron chi connectivity index (χ0n) is 87.0. The number of carbonyl (C=O) groups excluding carboxylic acids is 4. The molecule has 8 aromatic carbocycles. The zero-order valence-corrected chi connectivity index (χ0v) is 87.0. The van der Waals surface area contributed by atoms with Gasteiger partial charge in [-0.1, -0.05) is 105 Å². The van der Waals surface area contributed by atoms with Crippen LogP contribution in [0.1, 0.15) is 263 Å². The van der Waals surface area contributed by atoms with Crippen molar-refractivity contribution in [3.8, 4) is 69.2 Å². The van der Waals surface area contributed by atoms with E-state index in [0.29, 0.717) is 155 Å². The van der Waals surface area contributed by atoms with Gasteiger partial charge >= 0.3 is 0 Å². The quantitative estimate of drug-likeness (QED) is 0.0196. The number of alkyl halides is 3. The Morgan fingerprint density at radius 3 is 0.958 bits per heavy atom. The smallest absolute Gasteiger partial charge is 0.291 e. The number of ether oxygens (including phenoxy) is 11. The second-order valence-corrected chi connectivity index (χ2v) is 39.4. The molecule has 0 saturated carbocycles. The van der Waals surface area contributed by atoms with Gasteiger partial charge in [-0.3, -0.25) is 28.0 Å². The highest BCUT2D eigenvalue weighted by atomic mass is 19.1. The van der Waals surface area contributed by atoms with Crippen molar-refractivity contribution in [3.05, 3.63) is 269 Å². The Labute approximate surface area is 843 Å². The van der Waals surface area contributed by atoms with Crippen molar-refractivity contribution < 1.29 is 102 Å². The SMILES string of the molecule is CCCOc1cc(OC)c(NC(=O)c2ccc(Cc3cc4c(cc3C)CCC4(C)C)o2)c(OC)c1.COc1cc(NCCCF)cc(OC)c1NC(=O)c1ccc(Cc2cc3c(cc2C)CCC3(C)C)o1.COc1cc(NCCCF)cc(OC)c1NC(=O)c1ccc(Oc2cc3c(cc2C)CCCC3(C)C)o1.COc1cc(OCCF)cc(OC)c1NC(=O)c1ccc(Cc2cc3c(cc2C)CCCC3(C)C)o1. The van der Waals surface area contributed by atoms with Crippen molar-refractivity contribution in [1.82, 2.24) is 0 Å². The normalized spacial score (nSPS) is 14.0. The first-order valence-electron chi connectivity index (χ1n) is 49.3. The van der Waals surface area contributed by atoms with Crippen molar-refractivity contribution in [2.75, 3.05) is 135 Å². The molecule has 4 aromatic heterocycles. The van der Waals surface area contributed by atoms with E-state index in [2.05, 4.69) is 157 Å². The molecule has 4 aliphatic rings. The Balaban J connectivity index is 0.000000161. The Morgan fingerprint density at radius 2 is 0.632 bits per heavy atom. The first-order chi connectivity index (χ1) is 69.0.